The maximum absolute atomic E-state index is 11.8. The number of rotatable bonds is 3. The van der Waals surface area contributed by atoms with Gasteiger partial charge in [0.25, 0.3) is 0 Å². The number of nitro benzene ring substituents is 1. The molecule has 0 spiro atoms. The van der Waals surface area contributed by atoms with Crippen molar-refractivity contribution in [3.63, 3.8) is 0 Å². The highest BCUT2D eigenvalue weighted by Gasteiger charge is 2.28. The van der Waals surface area contributed by atoms with Crippen LogP contribution in [-0.4, -0.2) is 33.0 Å². The Balaban J connectivity index is 1.73. The van der Waals surface area contributed by atoms with E-state index in [9.17, 15) is 10.1 Å². The van der Waals surface area contributed by atoms with Gasteiger partial charge in [-0.2, -0.15) is 0 Å². The molecule has 0 saturated carbocycles. The molecule has 1 aliphatic heterocycles. The van der Waals surface area contributed by atoms with Crippen LogP contribution in [0, 0.1) is 10.1 Å². The number of nitrogens with zero attached hydrogens (tertiary/aromatic N) is 5. The molecule has 0 amide bonds. The standard InChI is InChI=1S/C18H18N6O2/c19-18-21-9-7-14(22-18)12-3-2-10-23(11-12)16-6-5-15-13(4-1-8-20-15)17(16)24(25)26/h1,4-9,12H,2-3,10-11H2,(H2,19,21,22)/t12-/m0/s1. The number of hydrogen-bond donors (Lipinski definition) is 1. The summed E-state index contributed by atoms with van der Waals surface area (Å²) in [4.78, 5) is 26.0. The van der Waals surface area contributed by atoms with Gasteiger partial charge in [-0.25, -0.2) is 9.97 Å². The molecule has 1 atom stereocenters. The Kier molecular flexibility index (Phi) is 4.08. The summed E-state index contributed by atoms with van der Waals surface area (Å²) in [5, 5.41) is 12.3. The molecule has 0 unspecified atom stereocenters. The lowest BCUT2D eigenvalue weighted by atomic mass is 9.94. The molecule has 1 fully saturated rings. The van der Waals surface area contributed by atoms with E-state index in [0.717, 1.165) is 25.1 Å². The van der Waals surface area contributed by atoms with Crippen LogP contribution in [0.2, 0.25) is 0 Å². The average molecular weight is 350 g/mol. The molecule has 8 heteroatoms. The number of anilines is 2. The van der Waals surface area contributed by atoms with Gasteiger partial charge in [0.1, 0.15) is 5.69 Å². The van der Waals surface area contributed by atoms with Crippen molar-refractivity contribution in [2.24, 2.45) is 0 Å². The van der Waals surface area contributed by atoms with E-state index in [1.54, 1.807) is 30.6 Å². The maximum Gasteiger partial charge on any atom is 0.301 e. The van der Waals surface area contributed by atoms with E-state index in [0.29, 0.717) is 23.1 Å². The number of pyridine rings is 1. The Morgan fingerprint density at radius 2 is 2.08 bits per heavy atom. The number of nitrogens with two attached hydrogens (primary N) is 1. The van der Waals surface area contributed by atoms with Crippen molar-refractivity contribution in [2.45, 2.75) is 18.8 Å². The van der Waals surface area contributed by atoms with E-state index >= 15 is 0 Å². The summed E-state index contributed by atoms with van der Waals surface area (Å²) in [6, 6.07) is 8.97. The molecule has 3 heterocycles. The first kappa shape index (κ1) is 16.2. The molecular weight excluding hydrogens is 332 g/mol. The number of piperidine rings is 1. The fraction of sp³-hybridized carbons (Fsp3) is 0.278. The average Bonchev–Trinajstić information content (AvgIpc) is 2.67. The SMILES string of the molecule is Nc1nccc([C@H]2CCCN(c3ccc4ncccc4c3[N+](=O)[O-])C2)n1. The van der Waals surface area contributed by atoms with Gasteiger partial charge in [0.05, 0.1) is 21.5 Å². The third-order valence-corrected chi connectivity index (χ3v) is 4.79. The zero-order valence-electron chi connectivity index (χ0n) is 14.1. The Morgan fingerprint density at radius 1 is 1.19 bits per heavy atom. The Morgan fingerprint density at radius 3 is 2.88 bits per heavy atom. The van der Waals surface area contributed by atoms with Crippen LogP contribution in [0.3, 0.4) is 0 Å². The molecule has 1 aliphatic rings. The van der Waals surface area contributed by atoms with Crippen molar-refractivity contribution >= 4 is 28.2 Å². The summed E-state index contributed by atoms with van der Waals surface area (Å²) in [6.07, 6.45) is 5.19. The highest BCUT2D eigenvalue weighted by molar-refractivity contribution is 5.94. The molecule has 1 aromatic carbocycles. The lowest BCUT2D eigenvalue weighted by Crippen LogP contribution is -2.35. The number of nitro groups is 1. The third kappa shape index (κ3) is 2.90. The van der Waals surface area contributed by atoms with Crippen LogP contribution in [0.1, 0.15) is 24.5 Å². The van der Waals surface area contributed by atoms with Gasteiger partial charge in [-0.1, -0.05) is 0 Å². The Labute approximate surface area is 149 Å². The third-order valence-electron chi connectivity index (χ3n) is 4.79. The topological polar surface area (TPSA) is 111 Å². The van der Waals surface area contributed by atoms with Crippen molar-refractivity contribution in [3.05, 3.63) is 58.5 Å². The number of benzene rings is 1. The van der Waals surface area contributed by atoms with Crippen molar-refractivity contribution in [2.75, 3.05) is 23.7 Å². The Hall–Kier alpha value is -3.29. The minimum absolute atomic E-state index is 0.110. The first-order valence-corrected chi connectivity index (χ1v) is 8.49. The molecule has 0 aliphatic carbocycles. The second-order valence-corrected chi connectivity index (χ2v) is 6.39. The van der Waals surface area contributed by atoms with Crippen molar-refractivity contribution < 1.29 is 4.92 Å². The number of aromatic nitrogens is 3. The molecule has 2 N–H and O–H groups in total. The fourth-order valence-electron chi connectivity index (χ4n) is 3.63. The Bertz CT molecular complexity index is 977. The first-order valence-electron chi connectivity index (χ1n) is 8.49. The van der Waals surface area contributed by atoms with E-state index in [-0.39, 0.29) is 22.5 Å². The van der Waals surface area contributed by atoms with Crippen LogP contribution >= 0.6 is 0 Å². The van der Waals surface area contributed by atoms with E-state index in [2.05, 4.69) is 19.9 Å². The number of nitrogen functional groups attached to an aromatic ring is 1. The van der Waals surface area contributed by atoms with E-state index in [1.165, 1.54) is 0 Å². The summed E-state index contributed by atoms with van der Waals surface area (Å²) in [5.74, 6) is 0.417. The van der Waals surface area contributed by atoms with Gasteiger partial charge in [0.15, 0.2) is 0 Å². The molecule has 132 valence electrons. The van der Waals surface area contributed by atoms with Crippen LogP contribution < -0.4 is 10.6 Å². The van der Waals surface area contributed by atoms with Crippen LogP contribution in [0.4, 0.5) is 17.3 Å². The lowest BCUT2D eigenvalue weighted by Gasteiger charge is -2.34. The van der Waals surface area contributed by atoms with Gasteiger partial charge < -0.3 is 10.6 Å². The number of fused-ring (bicyclic) bond motifs is 1. The summed E-state index contributed by atoms with van der Waals surface area (Å²) in [5.41, 5.74) is 7.95. The minimum atomic E-state index is -0.314. The van der Waals surface area contributed by atoms with Crippen LogP contribution in [-0.2, 0) is 0 Å². The summed E-state index contributed by atoms with van der Waals surface area (Å²) in [7, 11) is 0. The van der Waals surface area contributed by atoms with Crippen LogP contribution in [0.25, 0.3) is 10.9 Å². The van der Waals surface area contributed by atoms with Gasteiger partial charge in [-0.05, 0) is 43.2 Å². The minimum Gasteiger partial charge on any atom is -0.368 e. The predicted octanol–water partition coefficient (Wildman–Crippen LogP) is 2.90. The molecule has 8 nitrogen and oxygen atoms in total. The summed E-state index contributed by atoms with van der Waals surface area (Å²) in [6.45, 7) is 1.42. The second-order valence-electron chi connectivity index (χ2n) is 6.39. The van der Waals surface area contributed by atoms with Gasteiger partial charge in [0.2, 0.25) is 5.95 Å². The highest BCUT2D eigenvalue weighted by Crippen LogP contribution is 2.38. The zero-order valence-corrected chi connectivity index (χ0v) is 14.1. The number of hydrogen-bond acceptors (Lipinski definition) is 7. The second kappa shape index (κ2) is 6.55. The zero-order chi connectivity index (χ0) is 18.1. The van der Waals surface area contributed by atoms with E-state index in [1.807, 2.05) is 12.1 Å². The maximum atomic E-state index is 11.8. The lowest BCUT2D eigenvalue weighted by molar-refractivity contribution is -0.382. The monoisotopic (exact) mass is 350 g/mol. The molecule has 2 aromatic heterocycles. The normalized spacial score (nSPS) is 17.4. The highest BCUT2D eigenvalue weighted by atomic mass is 16.6. The van der Waals surface area contributed by atoms with Crippen molar-refractivity contribution in [1.29, 1.82) is 0 Å². The summed E-state index contributed by atoms with van der Waals surface area (Å²) >= 11 is 0. The quantitative estimate of drug-likeness (QED) is 0.571. The van der Waals surface area contributed by atoms with Gasteiger partial charge in [0, 0.05) is 31.4 Å². The molecule has 0 bridgehead atoms. The molecule has 4 rings (SSSR count). The molecule has 3 aromatic rings. The first-order chi connectivity index (χ1) is 12.6. The van der Waals surface area contributed by atoms with Gasteiger partial charge >= 0.3 is 5.69 Å². The van der Waals surface area contributed by atoms with Crippen molar-refractivity contribution in [3.8, 4) is 0 Å². The molecular formula is C18H18N6O2. The van der Waals surface area contributed by atoms with Gasteiger partial charge in [-0.3, -0.25) is 15.1 Å². The molecule has 0 radical (unpaired) electrons. The summed E-state index contributed by atoms with van der Waals surface area (Å²) < 4.78 is 0. The largest absolute Gasteiger partial charge is 0.368 e. The smallest absolute Gasteiger partial charge is 0.301 e. The van der Waals surface area contributed by atoms with Crippen LogP contribution in [0.5, 0.6) is 0 Å². The predicted molar refractivity (Wildman–Crippen MR) is 99.0 cm³/mol. The van der Waals surface area contributed by atoms with Crippen molar-refractivity contribution in [1.82, 2.24) is 15.0 Å². The van der Waals surface area contributed by atoms with Crippen LogP contribution in [0.15, 0.2) is 42.7 Å². The molecule has 1 saturated heterocycles. The van der Waals surface area contributed by atoms with E-state index < -0.39 is 0 Å². The van der Waals surface area contributed by atoms with E-state index in [4.69, 9.17) is 5.73 Å². The fourth-order valence-corrected chi connectivity index (χ4v) is 3.63. The molecule has 26 heavy (non-hydrogen) atoms. The van der Waals surface area contributed by atoms with Gasteiger partial charge in [-0.15, -0.1) is 0 Å².